The molecule has 6 heteroatoms. The number of hydrogen-bond donors (Lipinski definition) is 1. The molecule has 2 aliphatic rings. The van der Waals surface area contributed by atoms with Gasteiger partial charge in [-0.05, 0) is 23.8 Å². The zero-order valence-corrected chi connectivity index (χ0v) is 10.2. The number of methoxy groups -OCH3 is 1. The molecule has 6 nitrogen and oxygen atoms in total. The third-order valence-electron chi connectivity index (χ3n) is 2.92. The summed E-state index contributed by atoms with van der Waals surface area (Å²) >= 11 is 0. The van der Waals surface area contributed by atoms with Crippen molar-refractivity contribution in [2.45, 2.75) is 6.42 Å². The smallest absolute Gasteiger partial charge is 0.254 e. The van der Waals surface area contributed by atoms with E-state index in [0.717, 1.165) is 5.56 Å². The van der Waals surface area contributed by atoms with Gasteiger partial charge in [0.25, 0.3) is 5.91 Å². The third-order valence-corrected chi connectivity index (χ3v) is 2.92. The first-order valence-corrected chi connectivity index (χ1v) is 5.70. The fraction of sp³-hybridized carbons (Fsp3) is 0.231. The summed E-state index contributed by atoms with van der Waals surface area (Å²) in [6.45, 7) is 0.144. The van der Waals surface area contributed by atoms with Crippen molar-refractivity contribution in [2.24, 2.45) is 0 Å². The number of fused-ring (bicyclic) bond motifs is 1. The molecule has 0 bridgehead atoms. The highest BCUT2D eigenvalue weighted by atomic mass is 16.7. The van der Waals surface area contributed by atoms with Crippen LogP contribution in [0.3, 0.4) is 0 Å². The summed E-state index contributed by atoms with van der Waals surface area (Å²) in [5, 5.41) is 2.23. The van der Waals surface area contributed by atoms with E-state index in [4.69, 9.17) is 14.2 Å². The third kappa shape index (κ3) is 2.01. The number of rotatable bonds is 2. The molecule has 1 N–H and O–H groups in total. The monoisotopic (exact) mass is 261 g/mol. The van der Waals surface area contributed by atoms with Crippen molar-refractivity contribution < 1.29 is 23.8 Å². The molecule has 98 valence electrons. The maximum Gasteiger partial charge on any atom is 0.254 e. The van der Waals surface area contributed by atoms with Crippen LogP contribution in [0, 0.1) is 0 Å². The number of nitrogens with one attached hydrogen (secondary N) is 1. The van der Waals surface area contributed by atoms with Crippen molar-refractivity contribution in [3.05, 3.63) is 23.3 Å². The van der Waals surface area contributed by atoms with Gasteiger partial charge in [-0.25, -0.2) is 0 Å². The average molecular weight is 261 g/mol. The second-order valence-corrected chi connectivity index (χ2v) is 4.18. The number of ether oxygens (including phenoxy) is 3. The second-order valence-electron chi connectivity index (χ2n) is 4.18. The summed E-state index contributed by atoms with van der Waals surface area (Å²) in [6.07, 6.45) is 1.74. The molecule has 2 heterocycles. The van der Waals surface area contributed by atoms with Gasteiger partial charge in [0, 0.05) is 5.57 Å². The quantitative estimate of drug-likeness (QED) is 0.631. The highest BCUT2D eigenvalue weighted by molar-refractivity contribution is 6.15. The van der Waals surface area contributed by atoms with E-state index >= 15 is 0 Å². The minimum Gasteiger partial charge on any atom is -0.493 e. The van der Waals surface area contributed by atoms with Crippen LogP contribution in [-0.4, -0.2) is 25.7 Å². The Morgan fingerprint density at radius 1 is 1.32 bits per heavy atom. The van der Waals surface area contributed by atoms with E-state index in [1.807, 2.05) is 0 Å². The Bertz CT molecular complexity index is 605. The Morgan fingerprint density at radius 2 is 2.16 bits per heavy atom. The van der Waals surface area contributed by atoms with Gasteiger partial charge >= 0.3 is 0 Å². The molecule has 2 aliphatic heterocycles. The van der Waals surface area contributed by atoms with Gasteiger partial charge in [0.15, 0.2) is 11.5 Å². The number of carbonyl (C=O) groups excluding carboxylic acids is 2. The minimum absolute atomic E-state index is 0.0928. The summed E-state index contributed by atoms with van der Waals surface area (Å²) in [5.74, 6) is 1.00. The molecule has 1 aromatic carbocycles. The van der Waals surface area contributed by atoms with Crippen LogP contribution >= 0.6 is 0 Å². The van der Waals surface area contributed by atoms with E-state index < -0.39 is 0 Å². The molecule has 0 spiro atoms. The van der Waals surface area contributed by atoms with E-state index in [1.54, 1.807) is 18.2 Å². The predicted molar refractivity (Wildman–Crippen MR) is 64.9 cm³/mol. The SMILES string of the molecule is COc1cc(/C=C2/CC(=O)NC2=O)cc2c1OCO2. The topological polar surface area (TPSA) is 73.9 Å². The molecule has 3 rings (SSSR count). The van der Waals surface area contributed by atoms with Crippen molar-refractivity contribution in [1.82, 2.24) is 5.32 Å². The lowest BCUT2D eigenvalue weighted by molar-refractivity contribution is -0.124. The molecule has 0 aliphatic carbocycles. The van der Waals surface area contributed by atoms with Gasteiger partial charge < -0.3 is 14.2 Å². The van der Waals surface area contributed by atoms with Gasteiger partial charge in [0.2, 0.25) is 18.4 Å². The van der Waals surface area contributed by atoms with Crippen molar-refractivity contribution in [3.8, 4) is 17.2 Å². The van der Waals surface area contributed by atoms with Crippen LogP contribution in [0.5, 0.6) is 17.2 Å². The van der Waals surface area contributed by atoms with Crippen LogP contribution in [0.2, 0.25) is 0 Å². The van der Waals surface area contributed by atoms with Gasteiger partial charge in [-0.2, -0.15) is 0 Å². The maximum atomic E-state index is 11.5. The first kappa shape index (κ1) is 11.6. The van der Waals surface area contributed by atoms with Gasteiger partial charge in [-0.3, -0.25) is 14.9 Å². The molecule has 0 unspecified atom stereocenters. The molecular formula is C13H11NO5. The summed E-state index contributed by atoms with van der Waals surface area (Å²) in [5.41, 5.74) is 1.15. The summed E-state index contributed by atoms with van der Waals surface area (Å²) < 4.78 is 15.8. The van der Waals surface area contributed by atoms with E-state index in [1.165, 1.54) is 7.11 Å². The zero-order chi connectivity index (χ0) is 13.4. The molecule has 19 heavy (non-hydrogen) atoms. The summed E-state index contributed by atoms with van der Waals surface area (Å²) in [6, 6.07) is 3.48. The summed E-state index contributed by atoms with van der Waals surface area (Å²) in [7, 11) is 1.53. The first-order chi connectivity index (χ1) is 9.17. The largest absolute Gasteiger partial charge is 0.493 e. The molecule has 0 aromatic heterocycles. The molecule has 1 aromatic rings. The van der Waals surface area contributed by atoms with E-state index in [2.05, 4.69) is 5.32 Å². The molecule has 0 atom stereocenters. The maximum absolute atomic E-state index is 11.5. The van der Waals surface area contributed by atoms with Gasteiger partial charge in [-0.1, -0.05) is 0 Å². The van der Waals surface area contributed by atoms with Crippen LogP contribution < -0.4 is 19.5 Å². The summed E-state index contributed by atoms with van der Waals surface area (Å²) in [4.78, 5) is 22.6. The lowest BCUT2D eigenvalue weighted by atomic mass is 10.1. The van der Waals surface area contributed by atoms with Crippen LogP contribution in [0.4, 0.5) is 0 Å². The van der Waals surface area contributed by atoms with Crippen LogP contribution in [0.1, 0.15) is 12.0 Å². The first-order valence-electron chi connectivity index (χ1n) is 5.70. The second kappa shape index (κ2) is 4.31. The van der Waals surface area contributed by atoms with Gasteiger partial charge in [-0.15, -0.1) is 0 Å². The highest BCUT2D eigenvalue weighted by Crippen LogP contribution is 2.42. The lowest BCUT2D eigenvalue weighted by Gasteiger charge is -2.06. The number of hydrogen-bond acceptors (Lipinski definition) is 5. The van der Waals surface area contributed by atoms with Crippen LogP contribution in [0.25, 0.3) is 6.08 Å². The van der Waals surface area contributed by atoms with Crippen molar-refractivity contribution >= 4 is 17.9 Å². The van der Waals surface area contributed by atoms with Crippen molar-refractivity contribution in [2.75, 3.05) is 13.9 Å². The molecule has 1 saturated heterocycles. The number of amides is 2. The standard InChI is InChI=1S/C13H11NO5/c1-17-9-3-7(4-10-12(9)19-6-18-10)2-8-5-11(15)14-13(8)16/h2-4H,5-6H2,1H3,(H,14,15,16)/b8-2-. The molecule has 1 fully saturated rings. The Hall–Kier alpha value is -2.50. The lowest BCUT2D eigenvalue weighted by Crippen LogP contribution is -2.19. The molecule has 0 radical (unpaired) electrons. The van der Waals surface area contributed by atoms with E-state index in [0.29, 0.717) is 22.8 Å². The minimum atomic E-state index is -0.360. The Labute approximate surface area is 108 Å². The van der Waals surface area contributed by atoms with Crippen molar-refractivity contribution in [3.63, 3.8) is 0 Å². The Morgan fingerprint density at radius 3 is 2.84 bits per heavy atom. The molecule has 0 saturated carbocycles. The van der Waals surface area contributed by atoms with Crippen molar-refractivity contribution in [1.29, 1.82) is 0 Å². The Balaban J connectivity index is 2.00. The fourth-order valence-corrected chi connectivity index (χ4v) is 2.06. The normalized spacial score (nSPS) is 18.9. The average Bonchev–Trinajstić information content (AvgIpc) is 2.95. The van der Waals surface area contributed by atoms with E-state index in [9.17, 15) is 9.59 Å². The Kier molecular flexibility index (Phi) is 2.63. The number of carbonyl (C=O) groups is 2. The van der Waals surface area contributed by atoms with Crippen LogP contribution in [-0.2, 0) is 9.59 Å². The predicted octanol–water partition coefficient (Wildman–Crippen LogP) is 0.854. The fourth-order valence-electron chi connectivity index (χ4n) is 2.06. The number of benzene rings is 1. The van der Waals surface area contributed by atoms with Crippen LogP contribution in [0.15, 0.2) is 17.7 Å². The molecule has 2 amide bonds. The van der Waals surface area contributed by atoms with E-state index in [-0.39, 0.29) is 25.0 Å². The van der Waals surface area contributed by atoms with Gasteiger partial charge in [0.05, 0.1) is 13.5 Å². The van der Waals surface area contributed by atoms with Gasteiger partial charge in [0.1, 0.15) is 0 Å². The number of imide groups is 1. The highest BCUT2D eigenvalue weighted by Gasteiger charge is 2.25. The molecular weight excluding hydrogens is 250 g/mol. The zero-order valence-electron chi connectivity index (χ0n) is 10.2.